The molecule has 35 heavy (non-hydrogen) atoms. The molecule has 182 valence electrons. The topological polar surface area (TPSA) is 83.6 Å². The third-order valence-corrected chi connectivity index (χ3v) is 7.83. The lowest BCUT2D eigenvalue weighted by Crippen LogP contribution is -2.66. The van der Waals surface area contributed by atoms with Crippen molar-refractivity contribution in [2.75, 3.05) is 43.4 Å². The number of hydrogen-bond donors (Lipinski definition) is 1. The van der Waals surface area contributed by atoms with E-state index in [2.05, 4.69) is 37.3 Å². The van der Waals surface area contributed by atoms with E-state index in [0.29, 0.717) is 45.3 Å². The van der Waals surface area contributed by atoms with Gasteiger partial charge in [-0.3, -0.25) is 9.20 Å². The number of rotatable bonds is 6. The normalized spacial score (nSPS) is 17.6. The first-order valence-electron chi connectivity index (χ1n) is 11.7. The molecule has 4 aromatic rings. The fourth-order valence-electron chi connectivity index (χ4n) is 5.60. The van der Waals surface area contributed by atoms with Crippen molar-refractivity contribution < 1.29 is 4.39 Å². The third-order valence-electron chi connectivity index (χ3n) is 7.51. The average molecular weight is 497 g/mol. The maximum atomic E-state index is 14.2. The molecule has 1 saturated heterocycles. The highest BCUT2D eigenvalue weighted by molar-refractivity contribution is 6.35. The van der Waals surface area contributed by atoms with Gasteiger partial charge in [-0.05, 0) is 30.4 Å². The quantitative estimate of drug-likeness (QED) is 0.439. The van der Waals surface area contributed by atoms with Gasteiger partial charge in [0.05, 0.1) is 28.1 Å². The van der Waals surface area contributed by atoms with Gasteiger partial charge in [-0.25, -0.2) is 9.37 Å². The van der Waals surface area contributed by atoms with Crippen LogP contribution in [-0.4, -0.2) is 68.3 Å². The van der Waals surface area contributed by atoms with E-state index in [1.165, 1.54) is 17.1 Å². The second-order valence-corrected chi connectivity index (χ2v) is 10.3. The molecule has 0 amide bonds. The number of hydrogen-bond acceptors (Lipinski definition) is 7. The molecular formula is C24H26ClFN8O. The molecule has 6 rings (SSSR count). The Morgan fingerprint density at radius 2 is 2.09 bits per heavy atom. The summed E-state index contributed by atoms with van der Waals surface area (Å²) in [7, 11) is 3.75. The zero-order valence-corrected chi connectivity index (χ0v) is 20.3. The molecule has 0 atom stereocenters. The van der Waals surface area contributed by atoms with Crippen molar-refractivity contribution in [2.45, 2.75) is 18.9 Å². The number of fused-ring (bicyclic) bond motifs is 2. The highest BCUT2D eigenvalue weighted by atomic mass is 35.5. The Bertz CT molecular complexity index is 1490. The molecule has 1 aliphatic carbocycles. The number of benzene rings is 1. The monoisotopic (exact) mass is 496 g/mol. The Hall–Kier alpha value is -3.24. The van der Waals surface area contributed by atoms with E-state index in [4.69, 9.17) is 11.6 Å². The van der Waals surface area contributed by atoms with Crippen LogP contribution in [0, 0.1) is 11.2 Å². The van der Waals surface area contributed by atoms with E-state index in [0.717, 1.165) is 38.2 Å². The van der Waals surface area contributed by atoms with Crippen LogP contribution in [0.3, 0.4) is 0 Å². The molecule has 0 bridgehead atoms. The van der Waals surface area contributed by atoms with Crippen molar-refractivity contribution in [1.29, 1.82) is 0 Å². The molecule has 0 radical (unpaired) electrons. The van der Waals surface area contributed by atoms with Crippen LogP contribution in [0.4, 0.5) is 15.8 Å². The van der Waals surface area contributed by atoms with Crippen LogP contribution in [0.2, 0.25) is 5.02 Å². The van der Waals surface area contributed by atoms with Gasteiger partial charge in [0, 0.05) is 58.6 Å². The number of anilines is 2. The highest BCUT2D eigenvalue weighted by Crippen LogP contribution is 2.51. The van der Waals surface area contributed by atoms with Crippen LogP contribution in [0.1, 0.15) is 12.8 Å². The van der Waals surface area contributed by atoms with Crippen LogP contribution in [0.15, 0.2) is 41.8 Å². The fraction of sp³-hybridized carbons (Fsp3) is 0.417. The third kappa shape index (κ3) is 3.71. The molecule has 9 nitrogen and oxygen atoms in total. The minimum Gasteiger partial charge on any atom is -0.381 e. The maximum Gasteiger partial charge on any atom is 0.262 e. The number of likely N-dealkylation sites (tertiary alicyclic amines) is 1. The predicted octanol–water partition coefficient (Wildman–Crippen LogP) is 2.78. The summed E-state index contributed by atoms with van der Waals surface area (Å²) in [6.45, 7) is 3.61. The molecule has 4 heterocycles. The lowest BCUT2D eigenvalue weighted by Gasteiger charge is -2.61. The molecule has 0 unspecified atom stereocenters. The van der Waals surface area contributed by atoms with E-state index in [9.17, 15) is 9.18 Å². The average Bonchev–Trinajstić information content (AvgIpc) is 3.23. The number of nitrogens with zero attached hydrogens (tertiary/aromatic N) is 7. The minimum absolute atomic E-state index is 0.134. The molecule has 3 aromatic heterocycles. The number of aromatic nitrogens is 5. The Balaban J connectivity index is 1.04. The molecule has 2 fully saturated rings. The van der Waals surface area contributed by atoms with Crippen LogP contribution >= 0.6 is 11.6 Å². The number of nitrogens with one attached hydrogen (secondary N) is 1. The predicted molar refractivity (Wildman–Crippen MR) is 134 cm³/mol. The first kappa shape index (κ1) is 22.2. The van der Waals surface area contributed by atoms with Crippen molar-refractivity contribution >= 4 is 39.5 Å². The summed E-state index contributed by atoms with van der Waals surface area (Å²) < 4.78 is 17.3. The molecule has 2 aliphatic rings. The van der Waals surface area contributed by atoms with Crippen molar-refractivity contribution in [3.8, 4) is 0 Å². The smallest absolute Gasteiger partial charge is 0.262 e. The standard InChI is InChI=1S/C24H26ClFN8O/c1-31-13-28-22-19(4-3-16(25)21(22)23(31)35)32(2)15-8-24(9-15)11-33(12-24)6-5-27-18-7-20-30-29-14-34(20)10-17(18)26/h3-4,7,10,13-15,27H,5-6,8-9,11-12H2,1-2H3. The second kappa shape index (κ2) is 8.17. The van der Waals surface area contributed by atoms with Gasteiger partial charge < -0.3 is 19.7 Å². The van der Waals surface area contributed by atoms with E-state index in [1.807, 2.05) is 6.07 Å². The zero-order valence-electron chi connectivity index (χ0n) is 19.6. The summed E-state index contributed by atoms with van der Waals surface area (Å²) in [4.78, 5) is 21.7. The van der Waals surface area contributed by atoms with E-state index in [-0.39, 0.29) is 11.4 Å². The highest BCUT2D eigenvalue weighted by Gasteiger charge is 2.53. The zero-order chi connectivity index (χ0) is 24.3. The summed E-state index contributed by atoms with van der Waals surface area (Å²) in [5, 5.41) is 11.8. The van der Waals surface area contributed by atoms with Crippen LogP contribution in [0.25, 0.3) is 16.6 Å². The summed E-state index contributed by atoms with van der Waals surface area (Å²) in [6.07, 6.45) is 6.62. The summed E-state index contributed by atoms with van der Waals surface area (Å²) in [5.74, 6) is -0.315. The van der Waals surface area contributed by atoms with Gasteiger partial charge in [0.2, 0.25) is 0 Å². The van der Waals surface area contributed by atoms with E-state index >= 15 is 0 Å². The summed E-state index contributed by atoms with van der Waals surface area (Å²) in [5.41, 5.74) is 2.87. The summed E-state index contributed by atoms with van der Waals surface area (Å²) >= 11 is 6.33. The van der Waals surface area contributed by atoms with E-state index < -0.39 is 0 Å². The van der Waals surface area contributed by atoms with Gasteiger partial charge in [-0.2, -0.15) is 0 Å². The SMILES string of the molecule is CN(c1ccc(Cl)c2c(=O)n(C)cnc12)C1CC2(C1)CN(CCNc1cc3nncn3cc1F)C2. The first-order chi connectivity index (χ1) is 16.8. The molecule has 1 aromatic carbocycles. The van der Waals surface area contributed by atoms with Gasteiger partial charge in [0.1, 0.15) is 11.8 Å². The minimum atomic E-state index is -0.315. The van der Waals surface area contributed by atoms with Crippen LogP contribution < -0.4 is 15.8 Å². The number of halogens is 2. The maximum absolute atomic E-state index is 14.2. The van der Waals surface area contributed by atoms with Crippen molar-refractivity contribution in [2.24, 2.45) is 12.5 Å². The van der Waals surface area contributed by atoms with Crippen LogP contribution in [-0.2, 0) is 7.05 Å². The van der Waals surface area contributed by atoms with Gasteiger partial charge in [0.25, 0.3) is 5.56 Å². The summed E-state index contributed by atoms with van der Waals surface area (Å²) in [6, 6.07) is 5.82. The van der Waals surface area contributed by atoms with Crippen molar-refractivity contribution in [1.82, 2.24) is 29.0 Å². The Labute approximate surface area is 206 Å². The number of pyridine rings is 1. The lowest BCUT2D eigenvalue weighted by molar-refractivity contribution is -0.0690. The molecule has 11 heteroatoms. The Morgan fingerprint density at radius 1 is 1.29 bits per heavy atom. The van der Waals surface area contributed by atoms with Crippen LogP contribution in [0.5, 0.6) is 0 Å². The van der Waals surface area contributed by atoms with Crippen molar-refractivity contribution in [3.63, 3.8) is 0 Å². The van der Waals surface area contributed by atoms with Crippen molar-refractivity contribution in [3.05, 3.63) is 58.2 Å². The number of aryl methyl sites for hydroxylation is 1. The van der Waals surface area contributed by atoms with Gasteiger partial charge in [-0.15, -0.1) is 10.2 Å². The van der Waals surface area contributed by atoms with Gasteiger partial charge in [-0.1, -0.05) is 11.6 Å². The lowest BCUT2D eigenvalue weighted by atomic mass is 9.60. The molecule has 1 saturated carbocycles. The fourth-order valence-corrected chi connectivity index (χ4v) is 5.84. The second-order valence-electron chi connectivity index (χ2n) is 9.89. The molecule has 1 aliphatic heterocycles. The largest absolute Gasteiger partial charge is 0.381 e. The molecular weight excluding hydrogens is 471 g/mol. The van der Waals surface area contributed by atoms with Gasteiger partial charge in [0.15, 0.2) is 11.5 Å². The Morgan fingerprint density at radius 3 is 2.89 bits per heavy atom. The van der Waals surface area contributed by atoms with E-state index in [1.54, 1.807) is 29.9 Å². The first-order valence-corrected chi connectivity index (χ1v) is 12.0. The molecule has 1 N–H and O–H groups in total. The van der Waals surface area contributed by atoms with Gasteiger partial charge >= 0.3 is 0 Å². The molecule has 1 spiro atoms. The Kier molecular flexibility index (Phi) is 5.19.